The number of likely N-dealkylation sites (tertiary alicyclic amines) is 1. The summed E-state index contributed by atoms with van der Waals surface area (Å²) in [6.07, 6.45) is 2.58. The number of benzene rings is 1. The molecule has 1 atom stereocenters. The first-order valence-electron chi connectivity index (χ1n) is 6.20. The lowest BCUT2D eigenvalue weighted by Gasteiger charge is -2.17. The van der Waals surface area contributed by atoms with E-state index in [1.165, 1.54) is 25.9 Å². The van der Waals surface area contributed by atoms with Crippen molar-refractivity contribution in [2.45, 2.75) is 33.2 Å². The van der Waals surface area contributed by atoms with Crippen LogP contribution in [0.5, 0.6) is 5.75 Å². The average Bonchev–Trinajstić information content (AvgIpc) is 2.73. The average molecular weight is 219 g/mol. The van der Waals surface area contributed by atoms with E-state index in [1.54, 1.807) is 0 Å². The Balaban J connectivity index is 2.02. The maximum Gasteiger partial charge on any atom is 0.122 e. The summed E-state index contributed by atoms with van der Waals surface area (Å²) in [5.74, 6) is 1.33. The Morgan fingerprint density at radius 3 is 2.94 bits per heavy atom. The van der Waals surface area contributed by atoms with Crippen LogP contribution in [0.3, 0.4) is 0 Å². The molecule has 1 aromatic carbocycles. The van der Waals surface area contributed by atoms with E-state index >= 15 is 0 Å². The molecule has 1 fully saturated rings. The van der Waals surface area contributed by atoms with Crippen LogP contribution in [0.1, 0.15) is 30.9 Å². The van der Waals surface area contributed by atoms with Gasteiger partial charge in [0.1, 0.15) is 5.75 Å². The van der Waals surface area contributed by atoms with Gasteiger partial charge in [0.25, 0.3) is 0 Å². The third-order valence-corrected chi connectivity index (χ3v) is 3.66. The highest BCUT2D eigenvalue weighted by Crippen LogP contribution is 2.26. The third kappa shape index (κ3) is 2.38. The number of hydrogen-bond acceptors (Lipinski definition) is 2. The van der Waals surface area contributed by atoms with Crippen LogP contribution >= 0.6 is 0 Å². The second-order valence-electron chi connectivity index (χ2n) is 4.88. The van der Waals surface area contributed by atoms with Gasteiger partial charge in [-0.25, -0.2) is 0 Å². The molecule has 2 rings (SSSR count). The van der Waals surface area contributed by atoms with Crippen LogP contribution in [-0.2, 0) is 6.54 Å². The van der Waals surface area contributed by atoms with Gasteiger partial charge < -0.3 is 5.11 Å². The van der Waals surface area contributed by atoms with E-state index in [0.717, 1.165) is 23.6 Å². The van der Waals surface area contributed by atoms with E-state index in [9.17, 15) is 5.11 Å². The molecule has 0 amide bonds. The van der Waals surface area contributed by atoms with Crippen LogP contribution in [0.2, 0.25) is 0 Å². The van der Waals surface area contributed by atoms with Gasteiger partial charge >= 0.3 is 0 Å². The summed E-state index contributed by atoms with van der Waals surface area (Å²) in [5.41, 5.74) is 2.04. The molecule has 2 heteroatoms. The number of hydrogen-bond donors (Lipinski definition) is 1. The smallest absolute Gasteiger partial charge is 0.122 e. The first-order valence-corrected chi connectivity index (χ1v) is 6.20. The lowest BCUT2D eigenvalue weighted by molar-refractivity contribution is 0.309. The number of phenols is 1. The summed E-state index contributed by atoms with van der Waals surface area (Å²) in [7, 11) is 0. The van der Waals surface area contributed by atoms with Crippen molar-refractivity contribution < 1.29 is 5.11 Å². The van der Waals surface area contributed by atoms with Crippen LogP contribution in [0.25, 0.3) is 0 Å². The Morgan fingerprint density at radius 2 is 2.25 bits per heavy atom. The molecule has 1 aromatic rings. The molecule has 16 heavy (non-hydrogen) atoms. The minimum absolute atomic E-state index is 0.474. The third-order valence-electron chi connectivity index (χ3n) is 3.66. The standard InChI is InChI=1S/C14H21NO/c1-3-12-7-8-15(9-12)10-13-6-4-5-11(2)14(13)16/h4-6,12,16H,3,7-10H2,1-2H3. The highest BCUT2D eigenvalue weighted by atomic mass is 16.3. The lowest BCUT2D eigenvalue weighted by Crippen LogP contribution is -2.20. The molecule has 0 spiro atoms. The van der Waals surface area contributed by atoms with E-state index < -0.39 is 0 Å². The van der Waals surface area contributed by atoms with Crippen LogP contribution in [-0.4, -0.2) is 23.1 Å². The van der Waals surface area contributed by atoms with E-state index in [-0.39, 0.29) is 0 Å². The molecule has 0 aliphatic carbocycles. The summed E-state index contributed by atoms with van der Waals surface area (Å²) >= 11 is 0. The number of phenolic OH excluding ortho intramolecular Hbond substituents is 1. The van der Waals surface area contributed by atoms with Crippen molar-refractivity contribution in [1.29, 1.82) is 0 Å². The zero-order chi connectivity index (χ0) is 11.5. The number of nitrogens with zero attached hydrogens (tertiary/aromatic N) is 1. The van der Waals surface area contributed by atoms with Gasteiger partial charge in [0.15, 0.2) is 0 Å². The Labute approximate surface area is 97.9 Å². The maximum absolute atomic E-state index is 9.95. The van der Waals surface area contributed by atoms with Crippen LogP contribution in [0.15, 0.2) is 18.2 Å². The van der Waals surface area contributed by atoms with Gasteiger partial charge in [0.05, 0.1) is 0 Å². The van der Waals surface area contributed by atoms with Crippen molar-refractivity contribution >= 4 is 0 Å². The summed E-state index contributed by atoms with van der Waals surface area (Å²) in [5, 5.41) is 9.95. The fourth-order valence-corrected chi connectivity index (χ4v) is 2.48. The molecule has 0 bridgehead atoms. The molecule has 0 aromatic heterocycles. The minimum Gasteiger partial charge on any atom is -0.507 e. The zero-order valence-electron chi connectivity index (χ0n) is 10.2. The molecular weight excluding hydrogens is 198 g/mol. The summed E-state index contributed by atoms with van der Waals surface area (Å²) < 4.78 is 0. The SMILES string of the molecule is CCC1CCN(Cc2cccc(C)c2O)C1. The highest BCUT2D eigenvalue weighted by Gasteiger charge is 2.21. The van der Waals surface area contributed by atoms with Crippen molar-refractivity contribution in [3.63, 3.8) is 0 Å². The molecule has 2 nitrogen and oxygen atoms in total. The van der Waals surface area contributed by atoms with Crippen molar-refractivity contribution in [1.82, 2.24) is 4.90 Å². The van der Waals surface area contributed by atoms with Crippen LogP contribution < -0.4 is 0 Å². The van der Waals surface area contributed by atoms with Gasteiger partial charge in [-0.2, -0.15) is 0 Å². The molecular formula is C14H21NO. The normalized spacial score (nSPS) is 21.5. The molecule has 1 N–H and O–H groups in total. The molecule has 0 saturated carbocycles. The second-order valence-corrected chi connectivity index (χ2v) is 4.88. The largest absolute Gasteiger partial charge is 0.507 e. The fraction of sp³-hybridized carbons (Fsp3) is 0.571. The summed E-state index contributed by atoms with van der Waals surface area (Å²) in [6, 6.07) is 6.01. The number of aryl methyl sites for hydroxylation is 1. The van der Waals surface area contributed by atoms with E-state index in [4.69, 9.17) is 0 Å². The maximum atomic E-state index is 9.95. The molecule has 0 radical (unpaired) electrons. The zero-order valence-corrected chi connectivity index (χ0v) is 10.2. The van der Waals surface area contributed by atoms with Gasteiger partial charge in [0.2, 0.25) is 0 Å². The molecule has 1 aliphatic heterocycles. The van der Waals surface area contributed by atoms with E-state index in [1.807, 2.05) is 25.1 Å². The van der Waals surface area contributed by atoms with E-state index in [0.29, 0.717) is 5.75 Å². The van der Waals surface area contributed by atoms with Gasteiger partial charge in [-0.15, -0.1) is 0 Å². The molecule has 1 aliphatic rings. The second kappa shape index (κ2) is 4.88. The molecule has 1 heterocycles. The molecule has 1 unspecified atom stereocenters. The van der Waals surface area contributed by atoms with Crippen molar-refractivity contribution in [3.05, 3.63) is 29.3 Å². The van der Waals surface area contributed by atoms with Crippen molar-refractivity contribution in [2.75, 3.05) is 13.1 Å². The van der Waals surface area contributed by atoms with Gasteiger partial charge in [-0.05, 0) is 31.4 Å². The Hall–Kier alpha value is -1.02. The summed E-state index contributed by atoms with van der Waals surface area (Å²) in [4.78, 5) is 2.45. The van der Waals surface area contributed by atoms with Crippen LogP contribution in [0.4, 0.5) is 0 Å². The minimum atomic E-state index is 0.474. The summed E-state index contributed by atoms with van der Waals surface area (Å²) in [6.45, 7) is 7.47. The predicted molar refractivity (Wildman–Crippen MR) is 66.5 cm³/mol. The predicted octanol–water partition coefficient (Wildman–Crippen LogP) is 2.93. The Bertz CT molecular complexity index is 362. The Morgan fingerprint density at radius 1 is 1.44 bits per heavy atom. The van der Waals surface area contributed by atoms with Gasteiger partial charge in [-0.3, -0.25) is 4.90 Å². The fourth-order valence-electron chi connectivity index (χ4n) is 2.48. The van der Waals surface area contributed by atoms with Gasteiger partial charge in [-0.1, -0.05) is 31.5 Å². The quantitative estimate of drug-likeness (QED) is 0.845. The monoisotopic (exact) mass is 219 g/mol. The van der Waals surface area contributed by atoms with Crippen molar-refractivity contribution in [2.24, 2.45) is 5.92 Å². The first kappa shape index (κ1) is 11.5. The number of aromatic hydroxyl groups is 1. The lowest BCUT2D eigenvalue weighted by atomic mass is 10.1. The van der Waals surface area contributed by atoms with Gasteiger partial charge in [0, 0.05) is 18.7 Å². The topological polar surface area (TPSA) is 23.5 Å². The van der Waals surface area contributed by atoms with Crippen LogP contribution in [0, 0.1) is 12.8 Å². The molecule has 88 valence electrons. The number of para-hydroxylation sites is 1. The molecule has 1 saturated heterocycles. The Kier molecular flexibility index (Phi) is 3.49. The van der Waals surface area contributed by atoms with E-state index in [2.05, 4.69) is 11.8 Å². The first-order chi connectivity index (χ1) is 7.70. The highest BCUT2D eigenvalue weighted by molar-refractivity contribution is 5.39. The number of rotatable bonds is 3. The van der Waals surface area contributed by atoms with Crippen molar-refractivity contribution in [3.8, 4) is 5.75 Å².